The average molecular weight is 231 g/mol. The van der Waals surface area contributed by atoms with Crippen molar-refractivity contribution in [3.8, 4) is 6.07 Å². The van der Waals surface area contributed by atoms with Crippen molar-refractivity contribution in [2.75, 3.05) is 11.4 Å². The molecule has 1 aromatic heterocycles. The van der Waals surface area contributed by atoms with Crippen LogP contribution in [0, 0.1) is 17.2 Å². The van der Waals surface area contributed by atoms with Crippen LogP contribution in [0.2, 0.25) is 0 Å². The predicted molar refractivity (Wildman–Crippen MR) is 61.5 cm³/mol. The van der Waals surface area contributed by atoms with E-state index in [1.165, 1.54) is 0 Å². The SMILES string of the molecule is CC1CCN(c2ccc(C#N)nc2)C1C(=O)O. The standard InChI is InChI=1S/C12H13N3O2/c1-8-4-5-15(11(8)12(16)17)10-3-2-9(6-13)14-7-10/h2-3,7-8,11H,4-5H2,1H3,(H,16,17). The number of aromatic nitrogens is 1. The van der Waals surface area contributed by atoms with Crippen molar-refractivity contribution in [1.29, 1.82) is 5.26 Å². The van der Waals surface area contributed by atoms with Gasteiger partial charge in [-0.3, -0.25) is 0 Å². The minimum absolute atomic E-state index is 0.128. The number of carboxylic acids is 1. The molecule has 1 aliphatic heterocycles. The van der Waals surface area contributed by atoms with Gasteiger partial charge in [-0.1, -0.05) is 6.92 Å². The lowest BCUT2D eigenvalue weighted by atomic mass is 10.0. The molecule has 0 radical (unpaired) electrons. The highest BCUT2D eigenvalue weighted by Crippen LogP contribution is 2.29. The number of anilines is 1. The van der Waals surface area contributed by atoms with E-state index < -0.39 is 12.0 Å². The van der Waals surface area contributed by atoms with Gasteiger partial charge < -0.3 is 10.0 Å². The minimum Gasteiger partial charge on any atom is -0.480 e. The summed E-state index contributed by atoms with van der Waals surface area (Å²) in [7, 11) is 0. The molecule has 0 saturated carbocycles. The van der Waals surface area contributed by atoms with Gasteiger partial charge in [0.05, 0.1) is 11.9 Å². The van der Waals surface area contributed by atoms with Crippen molar-refractivity contribution in [1.82, 2.24) is 4.98 Å². The number of carboxylic acid groups (broad SMARTS) is 1. The first-order valence-electron chi connectivity index (χ1n) is 5.49. The molecule has 1 N–H and O–H groups in total. The number of carbonyl (C=O) groups is 1. The van der Waals surface area contributed by atoms with Crippen LogP contribution in [-0.4, -0.2) is 28.6 Å². The van der Waals surface area contributed by atoms with Crippen LogP contribution in [0.5, 0.6) is 0 Å². The molecule has 1 saturated heterocycles. The van der Waals surface area contributed by atoms with E-state index in [0.29, 0.717) is 12.2 Å². The van der Waals surface area contributed by atoms with Crippen LogP contribution in [0.25, 0.3) is 0 Å². The Morgan fingerprint density at radius 3 is 2.94 bits per heavy atom. The van der Waals surface area contributed by atoms with Crippen LogP contribution in [0.1, 0.15) is 19.0 Å². The Morgan fingerprint density at radius 1 is 1.65 bits per heavy atom. The minimum atomic E-state index is -0.806. The van der Waals surface area contributed by atoms with Crippen LogP contribution < -0.4 is 4.90 Å². The molecule has 1 aliphatic rings. The van der Waals surface area contributed by atoms with E-state index in [0.717, 1.165) is 12.1 Å². The van der Waals surface area contributed by atoms with E-state index in [-0.39, 0.29) is 5.92 Å². The molecule has 17 heavy (non-hydrogen) atoms. The first-order chi connectivity index (χ1) is 8.13. The molecule has 5 heteroatoms. The third kappa shape index (κ3) is 2.07. The molecule has 2 rings (SSSR count). The van der Waals surface area contributed by atoms with Gasteiger partial charge in [-0.25, -0.2) is 9.78 Å². The second-order valence-corrected chi connectivity index (χ2v) is 4.26. The lowest BCUT2D eigenvalue weighted by Crippen LogP contribution is -2.39. The average Bonchev–Trinajstić information content (AvgIpc) is 2.71. The monoisotopic (exact) mass is 231 g/mol. The first-order valence-corrected chi connectivity index (χ1v) is 5.49. The Kier molecular flexibility index (Phi) is 2.96. The highest BCUT2D eigenvalue weighted by Gasteiger charge is 2.36. The number of pyridine rings is 1. The Morgan fingerprint density at radius 2 is 2.41 bits per heavy atom. The summed E-state index contributed by atoms with van der Waals surface area (Å²) >= 11 is 0. The van der Waals surface area contributed by atoms with E-state index in [4.69, 9.17) is 5.26 Å². The molecule has 2 atom stereocenters. The third-order valence-corrected chi connectivity index (χ3v) is 3.15. The third-order valence-electron chi connectivity index (χ3n) is 3.15. The Bertz CT molecular complexity index is 464. The van der Waals surface area contributed by atoms with Crippen LogP contribution in [0.15, 0.2) is 18.3 Å². The zero-order valence-electron chi connectivity index (χ0n) is 9.50. The predicted octanol–water partition coefficient (Wildman–Crippen LogP) is 1.25. The van der Waals surface area contributed by atoms with Gasteiger partial charge in [0, 0.05) is 6.54 Å². The van der Waals surface area contributed by atoms with Crippen molar-refractivity contribution < 1.29 is 9.90 Å². The van der Waals surface area contributed by atoms with Gasteiger partial charge in [0.1, 0.15) is 17.8 Å². The first kappa shape index (κ1) is 11.4. The quantitative estimate of drug-likeness (QED) is 0.828. The summed E-state index contributed by atoms with van der Waals surface area (Å²) in [5, 5.41) is 17.9. The zero-order valence-corrected chi connectivity index (χ0v) is 9.50. The fourth-order valence-corrected chi connectivity index (χ4v) is 2.24. The summed E-state index contributed by atoms with van der Waals surface area (Å²) in [5.74, 6) is -0.678. The molecular weight excluding hydrogens is 218 g/mol. The second-order valence-electron chi connectivity index (χ2n) is 4.26. The fourth-order valence-electron chi connectivity index (χ4n) is 2.24. The Hall–Kier alpha value is -2.09. The normalized spacial score (nSPS) is 23.4. The van der Waals surface area contributed by atoms with Gasteiger partial charge in [-0.05, 0) is 24.5 Å². The number of aliphatic carboxylic acids is 1. The molecule has 0 bridgehead atoms. The topological polar surface area (TPSA) is 77.2 Å². The van der Waals surface area contributed by atoms with Crippen LogP contribution in [-0.2, 0) is 4.79 Å². The number of nitriles is 1. The largest absolute Gasteiger partial charge is 0.480 e. The maximum Gasteiger partial charge on any atom is 0.326 e. The van der Waals surface area contributed by atoms with Crippen molar-refractivity contribution in [3.05, 3.63) is 24.0 Å². The highest BCUT2D eigenvalue weighted by atomic mass is 16.4. The van der Waals surface area contributed by atoms with E-state index in [1.54, 1.807) is 18.3 Å². The second kappa shape index (κ2) is 4.42. The molecule has 0 spiro atoms. The van der Waals surface area contributed by atoms with Gasteiger partial charge >= 0.3 is 5.97 Å². The molecule has 1 aromatic rings. The molecule has 5 nitrogen and oxygen atoms in total. The summed E-state index contributed by atoms with van der Waals surface area (Å²) in [5.41, 5.74) is 1.11. The van der Waals surface area contributed by atoms with Crippen LogP contribution in [0.4, 0.5) is 5.69 Å². The van der Waals surface area contributed by atoms with Gasteiger partial charge in [-0.15, -0.1) is 0 Å². The molecule has 2 unspecified atom stereocenters. The number of nitrogens with zero attached hydrogens (tertiary/aromatic N) is 3. The summed E-state index contributed by atoms with van der Waals surface area (Å²) < 4.78 is 0. The van der Waals surface area contributed by atoms with Gasteiger partial charge in [0.15, 0.2) is 0 Å². The highest BCUT2D eigenvalue weighted by molar-refractivity contribution is 5.79. The van der Waals surface area contributed by atoms with Gasteiger partial charge in [-0.2, -0.15) is 5.26 Å². The van der Waals surface area contributed by atoms with E-state index >= 15 is 0 Å². The van der Waals surface area contributed by atoms with Crippen LogP contribution >= 0.6 is 0 Å². The maximum atomic E-state index is 11.2. The van der Waals surface area contributed by atoms with E-state index in [2.05, 4.69) is 4.98 Å². The van der Waals surface area contributed by atoms with Gasteiger partial charge in [0.25, 0.3) is 0 Å². The Balaban J connectivity index is 2.27. The van der Waals surface area contributed by atoms with Gasteiger partial charge in [0.2, 0.25) is 0 Å². The summed E-state index contributed by atoms with van der Waals surface area (Å²) in [6.45, 7) is 2.65. The molecule has 88 valence electrons. The molecule has 2 heterocycles. The number of hydrogen-bond acceptors (Lipinski definition) is 4. The van der Waals surface area contributed by atoms with Crippen molar-refractivity contribution in [3.63, 3.8) is 0 Å². The van der Waals surface area contributed by atoms with E-state index in [9.17, 15) is 9.90 Å². The zero-order chi connectivity index (χ0) is 12.4. The Labute approximate surface area is 99.3 Å². The van der Waals surface area contributed by atoms with Crippen LogP contribution in [0.3, 0.4) is 0 Å². The molecular formula is C12H13N3O2. The van der Waals surface area contributed by atoms with Crippen molar-refractivity contribution >= 4 is 11.7 Å². The molecule has 0 aliphatic carbocycles. The number of rotatable bonds is 2. The van der Waals surface area contributed by atoms with E-state index in [1.807, 2.05) is 17.9 Å². The summed E-state index contributed by atoms with van der Waals surface area (Å²) in [6.07, 6.45) is 2.42. The maximum absolute atomic E-state index is 11.2. The number of hydrogen-bond donors (Lipinski definition) is 1. The summed E-state index contributed by atoms with van der Waals surface area (Å²) in [4.78, 5) is 17.0. The smallest absolute Gasteiger partial charge is 0.326 e. The summed E-state index contributed by atoms with van der Waals surface area (Å²) in [6, 6.07) is 4.80. The van der Waals surface area contributed by atoms with Crippen molar-refractivity contribution in [2.45, 2.75) is 19.4 Å². The lowest BCUT2D eigenvalue weighted by Gasteiger charge is -2.24. The molecule has 0 aromatic carbocycles. The molecule has 1 fully saturated rings. The van der Waals surface area contributed by atoms with Crippen molar-refractivity contribution in [2.24, 2.45) is 5.92 Å². The lowest BCUT2D eigenvalue weighted by molar-refractivity contribution is -0.139. The molecule has 0 amide bonds. The fraction of sp³-hybridized carbons (Fsp3) is 0.417.